The summed E-state index contributed by atoms with van der Waals surface area (Å²) in [5.74, 6) is -0.357. The quantitative estimate of drug-likeness (QED) is 0.500. The molecule has 3 fully saturated rings. The van der Waals surface area contributed by atoms with E-state index in [1.54, 1.807) is 0 Å². The van der Waals surface area contributed by atoms with E-state index in [1.807, 2.05) is 6.92 Å². The van der Waals surface area contributed by atoms with E-state index in [-0.39, 0.29) is 46.4 Å². The predicted molar refractivity (Wildman–Crippen MR) is 88.3 cm³/mol. The number of rotatable bonds is 0. The summed E-state index contributed by atoms with van der Waals surface area (Å²) >= 11 is 0. The van der Waals surface area contributed by atoms with Gasteiger partial charge in [0.05, 0.1) is 18.6 Å². The van der Waals surface area contributed by atoms with Gasteiger partial charge < -0.3 is 18.3 Å². The second-order valence-electron chi connectivity index (χ2n) is 9.22. The largest absolute Gasteiger partial charge is 0.459 e. The van der Waals surface area contributed by atoms with E-state index in [0.29, 0.717) is 6.61 Å². The zero-order valence-electron chi connectivity index (χ0n) is 15.3. The lowest BCUT2D eigenvalue weighted by molar-refractivity contribution is -0.190. The van der Waals surface area contributed by atoms with E-state index in [2.05, 4.69) is 41.5 Å². The summed E-state index contributed by atoms with van der Waals surface area (Å²) in [7, 11) is -2.49. The van der Waals surface area contributed by atoms with Crippen molar-refractivity contribution in [1.29, 1.82) is 0 Å². The normalized spacial score (nSPS) is 40.3. The van der Waals surface area contributed by atoms with Gasteiger partial charge in [-0.15, -0.1) is 0 Å². The third kappa shape index (κ3) is 2.58. The summed E-state index contributed by atoms with van der Waals surface area (Å²) in [6.45, 7) is 15.6. The highest BCUT2D eigenvalue weighted by Gasteiger charge is 2.64. The van der Waals surface area contributed by atoms with E-state index in [9.17, 15) is 4.79 Å². The van der Waals surface area contributed by atoms with Gasteiger partial charge in [-0.1, -0.05) is 41.5 Å². The van der Waals surface area contributed by atoms with Crippen LogP contribution < -0.4 is 0 Å². The average molecular weight is 343 g/mol. The van der Waals surface area contributed by atoms with Crippen molar-refractivity contribution in [2.45, 2.75) is 89.4 Å². The molecular weight excluding hydrogens is 312 g/mol. The van der Waals surface area contributed by atoms with Crippen LogP contribution in [0.1, 0.15) is 54.9 Å². The molecule has 3 saturated heterocycles. The molecule has 5 unspecified atom stereocenters. The summed E-state index contributed by atoms with van der Waals surface area (Å²) < 4.78 is 24.8. The molecule has 3 aliphatic heterocycles. The molecule has 0 aliphatic carbocycles. The zero-order chi connectivity index (χ0) is 17.2. The molecule has 0 spiro atoms. The fourth-order valence-electron chi connectivity index (χ4n) is 4.47. The lowest BCUT2D eigenvalue weighted by Gasteiger charge is -2.56. The van der Waals surface area contributed by atoms with Crippen molar-refractivity contribution < 1.29 is 23.1 Å². The molecule has 0 aromatic carbocycles. The van der Waals surface area contributed by atoms with Gasteiger partial charge >= 0.3 is 14.5 Å². The maximum atomic E-state index is 11.8. The molecule has 0 amide bonds. The molecule has 5 atom stereocenters. The summed E-state index contributed by atoms with van der Waals surface area (Å²) in [6.07, 6.45) is 0.236. The van der Waals surface area contributed by atoms with Crippen molar-refractivity contribution in [3.8, 4) is 0 Å². The average Bonchev–Trinajstić information content (AvgIpc) is 2.68. The molecule has 0 saturated carbocycles. The molecule has 3 aliphatic rings. The monoisotopic (exact) mass is 342 g/mol. The molecule has 132 valence electrons. The number of carbonyl (C=O) groups excluding carboxylic acids is 1. The van der Waals surface area contributed by atoms with Gasteiger partial charge in [-0.3, -0.25) is 4.79 Å². The Morgan fingerprint density at radius 1 is 1.00 bits per heavy atom. The number of carbonyl (C=O) groups is 1. The lowest BCUT2D eigenvalue weighted by atomic mass is 9.94. The van der Waals surface area contributed by atoms with E-state index < -0.39 is 8.56 Å². The Morgan fingerprint density at radius 3 is 2.17 bits per heavy atom. The Hall–Kier alpha value is -0.433. The zero-order valence-corrected chi connectivity index (χ0v) is 16.3. The topological polar surface area (TPSA) is 54.0 Å². The van der Waals surface area contributed by atoms with Crippen molar-refractivity contribution in [3.05, 3.63) is 0 Å². The SMILES string of the molecule is CC1C(=O)OC2CC3O[Si](C(C)(C)C)(C(C)(C)C)OCC3OC21. The Balaban J connectivity index is 1.85. The smallest absolute Gasteiger partial charge is 0.349 e. The highest BCUT2D eigenvalue weighted by Crippen LogP contribution is 2.55. The Kier molecular flexibility index (Phi) is 3.99. The number of fused-ring (bicyclic) bond motifs is 2. The molecule has 23 heavy (non-hydrogen) atoms. The lowest BCUT2D eigenvalue weighted by Crippen LogP contribution is -2.67. The van der Waals surface area contributed by atoms with Gasteiger partial charge in [0.2, 0.25) is 0 Å². The number of ether oxygens (including phenoxy) is 2. The maximum absolute atomic E-state index is 11.8. The first-order valence-electron chi connectivity index (χ1n) is 8.64. The van der Waals surface area contributed by atoms with Gasteiger partial charge in [0, 0.05) is 16.5 Å². The molecule has 0 aromatic rings. The third-order valence-electron chi connectivity index (χ3n) is 5.45. The highest BCUT2D eigenvalue weighted by atomic mass is 28.4. The van der Waals surface area contributed by atoms with Gasteiger partial charge in [0.25, 0.3) is 0 Å². The summed E-state index contributed by atoms with van der Waals surface area (Å²) in [5, 5.41) is -0.0978. The second-order valence-corrected chi connectivity index (χ2v) is 14.0. The van der Waals surface area contributed by atoms with Crippen molar-refractivity contribution in [3.63, 3.8) is 0 Å². The van der Waals surface area contributed by atoms with Crippen LogP contribution in [-0.2, 0) is 23.1 Å². The van der Waals surface area contributed by atoms with E-state index >= 15 is 0 Å². The Labute approximate surface area is 140 Å². The third-order valence-corrected chi connectivity index (χ3v) is 10.6. The Morgan fingerprint density at radius 2 is 1.61 bits per heavy atom. The number of esters is 1. The van der Waals surface area contributed by atoms with Crippen LogP contribution in [0.4, 0.5) is 0 Å². The van der Waals surface area contributed by atoms with Crippen molar-refractivity contribution >= 4 is 14.5 Å². The van der Waals surface area contributed by atoms with Crippen LogP contribution in [0.15, 0.2) is 0 Å². The van der Waals surface area contributed by atoms with Gasteiger partial charge in [-0.25, -0.2) is 0 Å². The minimum absolute atomic E-state index is 0.0479. The molecule has 0 aromatic heterocycles. The van der Waals surface area contributed by atoms with Crippen LogP contribution in [0, 0.1) is 5.92 Å². The summed E-state index contributed by atoms with van der Waals surface area (Å²) in [5.41, 5.74) is 0. The maximum Gasteiger partial charge on any atom is 0.349 e. The fraction of sp³-hybridized carbons (Fsp3) is 0.941. The van der Waals surface area contributed by atoms with Crippen LogP contribution in [0.25, 0.3) is 0 Å². The first-order valence-corrected chi connectivity index (χ1v) is 10.5. The minimum atomic E-state index is -2.49. The van der Waals surface area contributed by atoms with Gasteiger partial charge in [0.1, 0.15) is 18.3 Å². The molecule has 5 nitrogen and oxygen atoms in total. The molecular formula is C17H30O5Si. The van der Waals surface area contributed by atoms with Crippen LogP contribution in [0.5, 0.6) is 0 Å². The van der Waals surface area contributed by atoms with Crippen molar-refractivity contribution in [2.75, 3.05) is 6.61 Å². The van der Waals surface area contributed by atoms with E-state index in [0.717, 1.165) is 6.42 Å². The molecule has 3 heterocycles. The number of hydrogen-bond donors (Lipinski definition) is 0. The standard InChI is InChI=1S/C17H30O5Si/c1-10-14-12(21-15(10)18)8-11-13(20-14)9-19-23(22-11,16(2,3)4)17(5,6)7/h10-14H,8-9H2,1-7H3. The van der Waals surface area contributed by atoms with Crippen LogP contribution >= 0.6 is 0 Å². The molecule has 0 bridgehead atoms. The number of hydrogen-bond acceptors (Lipinski definition) is 5. The van der Waals surface area contributed by atoms with E-state index in [4.69, 9.17) is 18.3 Å². The highest BCUT2D eigenvalue weighted by molar-refractivity contribution is 6.73. The van der Waals surface area contributed by atoms with E-state index in [1.165, 1.54) is 0 Å². The second kappa shape index (κ2) is 5.28. The first-order chi connectivity index (χ1) is 10.5. The van der Waals surface area contributed by atoms with Crippen LogP contribution in [-0.4, -0.2) is 45.6 Å². The molecule has 0 N–H and O–H groups in total. The van der Waals surface area contributed by atoms with Gasteiger partial charge in [-0.05, 0) is 6.92 Å². The van der Waals surface area contributed by atoms with Crippen LogP contribution in [0.2, 0.25) is 10.1 Å². The van der Waals surface area contributed by atoms with Crippen molar-refractivity contribution in [2.24, 2.45) is 5.92 Å². The molecule has 3 rings (SSSR count). The molecule has 0 radical (unpaired) electrons. The van der Waals surface area contributed by atoms with Crippen LogP contribution in [0.3, 0.4) is 0 Å². The molecule has 6 heteroatoms. The van der Waals surface area contributed by atoms with Gasteiger partial charge in [0.15, 0.2) is 0 Å². The summed E-state index contributed by atoms with van der Waals surface area (Å²) in [4.78, 5) is 11.8. The fourth-order valence-corrected chi connectivity index (χ4v) is 9.43. The van der Waals surface area contributed by atoms with Crippen molar-refractivity contribution in [1.82, 2.24) is 0 Å². The minimum Gasteiger partial charge on any atom is -0.459 e. The predicted octanol–water partition coefficient (Wildman–Crippen LogP) is 3.16. The first kappa shape index (κ1) is 17.4. The Bertz CT molecular complexity index is 478. The summed E-state index contributed by atoms with van der Waals surface area (Å²) in [6, 6.07) is 0. The van der Waals surface area contributed by atoms with Gasteiger partial charge in [-0.2, -0.15) is 0 Å².